The monoisotopic (exact) mass is 588 g/mol. The predicted octanol–water partition coefficient (Wildman–Crippen LogP) is 6.11. The zero-order valence-corrected chi connectivity index (χ0v) is 20.8. The summed E-state index contributed by atoms with van der Waals surface area (Å²) in [5.74, 6) is -0.946. The lowest BCUT2D eigenvalue weighted by Crippen LogP contribution is -2.54. The van der Waals surface area contributed by atoms with Gasteiger partial charge in [0.1, 0.15) is 17.9 Å². The maximum absolute atomic E-state index is 13.0. The fraction of sp³-hybridized carbons (Fsp3) is 0.0417. The van der Waals surface area contributed by atoms with Gasteiger partial charge in [-0.2, -0.15) is 0 Å². The van der Waals surface area contributed by atoms with Crippen LogP contribution < -0.4 is 15.0 Å². The van der Waals surface area contributed by atoms with Crippen molar-refractivity contribution >= 4 is 73.1 Å². The van der Waals surface area contributed by atoms with Crippen LogP contribution in [0.15, 0.2) is 81.2 Å². The number of imide groups is 2. The van der Waals surface area contributed by atoms with Gasteiger partial charge in [-0.1, -0.05) is 48.0 Å². The molecule has 1 aliphatic rings. The van der Waals surface area contributed by atoms with Crippen LogP contribution in [-0.2, 0) is 16.2 Å². The molecule has 0 bridgehead atoms. The Bertz CT molecular complexity index is 1270. The standard InChI is InChI=1S/C24H15Br2ClN2O4/c25-19-10-15(11-20(26)21(19)33-13-14-5-2-1-3-6-14)9-18-22(30)28-24(32)29(23(18)31)17-8-4-7-16(27)12-17/h1-12H,13H2,(H,28,30,32)/b18-9+. The minimum Gasteiger partial charge on any atom is -0.487 e. The SMILES string of the molecule is O=C1NC(=O)N(c2cccc(Cl)c2)C(=O)/C1=C/c1cc(Br)c(OCc2ccccc2)c(Br)c1. The fourth-order valence-electron chi connectivity index (χ4n) is 3.20. The highest BCUT2D eigenvalue weighted by atomic mass is 79.9. The maximum atomic E-state index is 13.0. The molecular formula is C24H15Br2ClN2O4. The Morgan fingerprint density at radius 1 is 0.939 bits per heavy atom. The molecule has 1 fully saturated rings. The Labute approximate surface area is 211 Å². The van der Waals surface area contributed by atoms with E-state index in [1.165, 1.54) is 12.1 Å². The van der Waals surface area contributed by atoms with Gasteiger partial charge in [0.2, 0.25) is 0 Å². The Balaban J connectivity index is 1.62. The molecule has 0 atom stereocenters. The molecule has 3 aromatic rings. The van der Waals surface area contributed by atoms with Crippen LogP contribution in [0, 0.1) is 0 Å². The van der Waals surface area contributed by atoms with Crippen LogP contribution in [0.4, 0.5) is 10.5 Å². The molecule has 4 amide bonds. The van der Waals surface area contributed by atoms with Crippen LogP contribution in [-0.4, -0.2) is 17.8 Å². The fourth-order valence-corrected chi connectivity index (χ4v) is 4.84. The zero-order chi connectivity index (χ0) is 23.5. The van der Waals surface area contributed by atoms with Gasteiger partial charge in [0.25, 0.3) is 11.8 Å². The second kappa shape index (κ2) is 9.91. The number of amides is 4. The minimum absolute atomic E-state index is 0.189. The summed E-state index contributed by atoms with van der Waals surface area (Å²) in [5.41, 5.74) is 1.64. The van der Waals surface area contributed by atoms with Crippen molar-refractivity contribution in [1.82, 2.24) is 5.32 Å². The highest BCUT2D eigenvalue weighted by Crippen LogP contribution is 2.36. The molecule has 1 heterocycles. The number of hydrogen-bond acceptors (Lipinski definition) is 4. The normalized spacial score (nSPS) is 15.1. The summed E-state index contributed by atoms with van der Waals surface area (Å²) in [6, 6.07) is 18.6. The van der Waals surface area contributed by atoms with Gasteiger partial charge in [-0.15, -0.1) is 0 Å². The second-order valence-corrected chi connectivity index (χ2v) is 9.17. The molecule has 33 heavy (non-hydrogen) atoms. The first-order valence-corrected chi connectivity index (χ1v) is 11.6. The van der Waals surface area contributed by atoms with Crippen molar-refractivity contribution in [3.8, 4) is 5.75 Å². The van der Waals surface area contributed by atoms with Gasteiger partial charge in [0.05, 0.1) is 14.6 Å². The lowest BCUT2D eigenvalue weighted by Gasteiger charge is -2.26. The number of hydrogen-bond donors (Lipinski definition) is 1. The summed E-state index contributed by atoms with van der Waals surface area (Å²) < 4.78 is 7.18. The van der Waals surface area contributed by atoms with E-state index in [0.29, 0.717) is 31.9 Å². The van der Waals surface area contributed by atoms with Crippen molar-refractivity contribution in [3.63, 3.8) is 0 Å². The average Bonchev–Trinajstić information content (AvgIpc) is 2.77. The van der Waals surface area contributed by atoms with Crippen molar-refractivity contribution in [2.75, 3.05) is 4.90 Å². The molecule has 6 nitrogen and oxygen atoms in total. The molecule has 1 saturated heterocycles. The first kappa shape index (κ1) is 23.2. The molecule has 166 valence electrons. The van der Waals surface area contributed by atoms with Crippen molar-refractivity contribution in [2.45, 2.75) is 6.61 Å². The molecule has 0 aliphatic carbocycles. The molecule has 0 radical (unpaired) electrons. The van der Waals surface area contributed by atoms with Crippen molar-refractivity contribution in [2.24, 2.45) is 0 Å². The van der Waals surface area contributed by atoms with E-state index >= 15 is 0 Å². The number of ether oxygens (including phenoxy) is 1. The molecule has 0 saturated carbocycles. The van der Waals surface area contributed by atoms with Crippen molar-refractivity contribution < 1.29 is 19.1 Å². The summed E-state index contributed by atoms with van der Waals surface area (Å²) in [6.07, 6.45) is 1.41. The van der Waals surface area contributed by atoms with Crippen LogP contribution in [0.25, 0.3) is 6.08 Å². The molecule has 9 heteroatoms. The van der Waals surface area contributed by atoms with E-state index in [-0.39, 0.29) is 11.3 Å². The Morgan fingerprint density at radius 2 is 1.64 bits per heavy atom. The van der Waals surface area contributed by atoms with Crippen molar-refractivity contribution in [3.05, 3.63) is 97.4 Å². The van der Waals surface area contributed by atoms with E-state index in [1.54, 1.807) is 30.3 Å². The third kappa shape index (κ3) is 5.19. The number of rotatable bonds is 5. The molecule has 0 unspecified atom stereocenters. The topological polar surface area (TPSA) is 75.7 Å². The van der Waals surface area contributed by atoms with Crippen LogP contribution >= 0.6 is 43.5 Å². The summed E-state index contributed by atoms with van der Waals surface area (Å²) in [5, 5.41) is 2.55. The number of carbonyl (C=O) groups excluding carboxylic acids is 3. The first-order valence-electron chi connectivity index (χ1n) is 9.66. The smallest absolute Gasteiger partial charge is 0.335 e. The van der Waals surface area contributed by atoms with Gasteiger partial charge in [-0.25, -0.2) is 9.69 Å². The molecular weight excluding hydrogens is 576 g/mol. The lowest BCUT2D eigenvalue weighted by molar-refractivity contribution is -0.122. The number of halogens is 3. The Morgan fingerprint density at radius 3 is 2.30 bits per heavy atom. The van der Waals surface area contributed by atoms with E-state index < -0.39 is 17.8 Å². The summed E-state index contributed by atoms with van der Waals surface area (Å²) in [4.78, 5) is 38.7. The van der Waals surface area contributed by atoms with Gasteiger partial charge in [0, 0.05) is 5.02 Å². The number of urea groups is 1. The molecule has 4 rings (SSSR count). The quantitative estimate of drug-likeness (QED) is 0.288. The van der Waals surface area contributed by atoms with E-state index in [2.05, 4.69) is 37.2 Å². The van der Waals surface area contributed by atoms with Gasteiger partial charge in [0.15, 0.2) is 0 Å². The van der Waals surface area contributed by atoms with E-state index in [1.807, 2.05) is 30.3 Å². The Kier molecular flexibility index (Phi) is 6.97. The van der Waals surface area contributed by atoms with Gasteiger partial charge >= 0.3 is 6.03 Å². The van der Waals surface area contributed by atoms with Gasteiger partial charge in [-0.3, -0.25) is 14.9 Å². The van der Waals surface area contributed by atoms with Gasteiger partial charge in [-0.05, 0) is 79.4 Å². The maximum Gasteiger partial charge on any atom is 0.335 e. The minimum atomic E-state index is -0.837. The molecule has 1 aliphatic heterocycles. The second-order valence-electron chi connectivity index (χ2n) is 7.03. The van der Waals surface area contributed by atoms with Crippen LogP contribution in [0.3, 0.4) is 0 Å². The third-order valence-electron chi connectivity index (χ3n) is 4.73. The third-order valence-corrected chi connectivity index (χ3v) is 6.14. The van der Waals surface area contributed by atoms with Gasteiger partial charge < -0.3 is 4.74 Å². The number of carbonyl (C=O) groups is 3. The lowest BCUT2D eigenvalue weighted by atomic mass is 10.1. The summed E-state index contributed by atoms with van der Waals surface area (Å²) >= 11 is 13.0. The van der Waals surface area contributed by atoms with Crippen molar-refractivity contribution in [1.29, 1.82) is 0 Å². The molecule has 1 N–H and O–H groups in total. The van der Waals surface area contributed by atoms with Crippen LogP contribution in [0.2, 0.25) is 5.02 Å². The zero-order valence-electron chi connectivity index (χ0n) is 16.8. The number of nitrogens with zero attached hydrogens (tertiary/aromatic N) is 1. The highest BCUT2D eigenvalue weighted by Gasteiger charge is 2.36. The number of anilines is 1. The van der Waals surface area contributed by atoms with Crippen LogP contribution in [0.5, 0.6) is 5.75 Å². The predicted molar refractivity (Wildman–Crippen MR) is 133 cm³/mol. The molecule has 0 spiro atoms. The van der Waals surface area contributed by atoms with E-state index in [9.17, 15) is 14.4 Å². The first-order chi connectivity index (χ1) is 15.8. The number of benzene rings is 3. The summed E-state index contributed by atoms with van der Waals surface area (Å²) in [7, 11) is 0. The molecule has 3 aromatic carbocycles. The largest absolute Gasteiger partial charge is 0.487 e. The highest BCUT2D eigenvalue weighted by molar-refractivity contribution is 9.11. The van der Waals surface area contributed by atoms with Crippen LogP contribution in [0.1, 0.15) is 11.1 Å². The molecule has 0 aromatic heterocycles. The average molecular weight is 591 g/mol. The summed E-state index contributed by atoms with van der Waals surface area (Å²) in [6.45, 7) is 0.371. The van der Waals surface area contributed by atoms with E-state index in [0.717, 1.165) is 10.5 Å². The number of barbiturate groups is 1. The van der Waals surface area contributed by atoms with E-state index in [4.69, 9.17) is 16.3 Å². The number of nitrogens with one attached hydrogen (secondary N) is 1. The Hall–Kier alpha value is -2.94.